The van der Waals surface area contributed by atoms with E-state index in [0.29, 0.717) is 6.10 Å². The minimum absolute atomic E-state index is 0.427. The van der Waals surface area contributed by atoms with E-state index in [1.54, 1.807) is 0 Å². The number of benzene rings is 1. The summed E-state index contributed by atoms with van der Waals surface area (Å²) in [6.07, 6.45) is 3.81. The third-order valence-electron chi connectivity index (χ3n) is 2.38. The van der Waals surface area contributed by atoms with E-state index in [0.717, 1.165) is 24.5 Å². The molecule has 0 bridgehead atoms. The van der Waals surface area contributed by atoms with Gasteiger partial charge in [0.25, 0.3) is 0 Å². The molecule has 2 nitrogen and oxygen atoms in total. The van der Waals surface area contributed by atoms with E-state index in [1.165, 1.54) is 18.4 Å². The molecule has 0 radical (unpaired) electrons. The van der Waals surface area contributed by atoms with Gasteiger partial charge in [-0.3, -0.25) is 0 Å². The van der Waals surface area contributed by atoms with Crippen molar-refractivity contribution in [3.8, 4) is 11.5 Å². The molecule has 1 fully saturated rings. The molecule has 0 unspecified atom stereocenters. The molecule has 1 aliphatic carbocycles. The molecule has 15 heavy (non-hydrogen) atoms. The lowest BCUT2D eigenvalue weighted by atomic mass is 10.2. The van der Waals surface area contributed by atoms with Crippen LogP contribution < -0.4 is 9.47 Å². The third kappa shape index (κ3) is 2.88. The van der Waals surface area contributed by atoms with Crippen LogP contribution in [0.5, 0.6) is 11.5 Å². The second-order valence-electron chi connectivity index (χ2n) is 4.12. The van der Waals surface area contributed by atoms with Crippen molar-refractivity contribution < 1.29 is 9.47 Å². The molecule has 0 amide bonds. The van der Waals surface area contributed by atoms with Crippen LogP contribution >= 0.6 is 0 Å². The first-order chi connectivity index (χ1) is 7.29. The first-order valence-corrected chi connectivity index (χ1v) is 5.69. The van der Waals surface area contributed by atoms with Crippen LogP contribution in [-0.2, 0) is 0 Å². The van der Waals surface area contributed by atoms with Crippen molar-refractivity contribution >= 4 is 0 Å². The van der Waals surface area contributed by atoms with Crippen molar-refractivity contribution in [2.45, 2.75) is 39.2 Å². The number of hydrogen-bond donors (Lipinski definition) is 0. The molecule has 1 aromatic rings. The highest BCUT2D eigenvalue weighted by Gasteiger charge is 2.24. The zero-order chi connectivity index (χ0) is 10.7. The van der Waals surface area contributed by atoms with Crippen LogP contribution in [0.15, 0.2) is 18.2 Å². The number of rotatable bonds is 5. The summed E-state index contributed by atoms with van der Waals surface area (Å²) in [4.78, 5) is 0. The van der Waals surface area contributed by atoms with Gasteiger partial charge in [0.15, 0.2) is 11.5 Å². The SMILES string of the molecule is CCCOc1ccc(C)cc1OC1CC1. The first kappa shape index (κ1) is 10.3. The Balaban J connectivity index is 2.10. The number of hydrogen-bond acceptors (Lipinski definition) is 2. The zero-order valence-corrected chi connectivity index (χ0v) is 9.45. The van der Waals surface area contributed by atoms with Gasteiger partial charge in [0.1, 0.15) is 0 Å². The highest BCUT2D eigenvalue weighted by Crippen LogP contribution is 2.34. The summed E-state index contributed by atoms with van der Waals surface area (Å²) in [5.41, 5.74) is 1.22. The molecule has 82 valence electrons. The second-order valence-corrected chi connectivity index (χ2v) is 4.12. The normalized spacial score (nSPS) is 15.1. The summed E-state index contributed by atoms with van der Waals surface area (Å²) in [6.45, 7) is 4.93. The van der Waals surface area contributed by atoms with Crippen molar-refractivity contribution in [2.75, 3.05) is 6.61 Å². The van der Waals surface area contributed by atoms with Gasteiger partial charge in [0.2, 0.25) is 0 Å². The Kier molecular flexibility index (Phi) is 3.14. The third-order valence-corrected chi connectivity index (χ3v) is 2.38. The number of aryl methyl sites for hydroxylation is 1. The molecule has 0 N–H and O–H groups in total. The van der Waals surface area contributed by atoms with Crippen LogP contribution in [0.25, 0.3) is 0 Å². The predicted octanol–water partition coefficient (Wildman–Crippen LogP) is 3.33. The number of ether oxygens (including phenoxy) is 2. The van der Waals surface area contributed by atoms with Gasteiger partial charge in [-0.25, -0.2) is 0 Å². The fourth-order valence-corrected chi connectivity index (χ4v) is 1.40. The van der Waals surface area contributed by atoms with E-state index in [-0.39, 0.29) is 0 Å². The summed E-state index contributed by atoms with van der Waals surface area (Å²) in [5.74, 6) is 1.79. The quantitative estimate of drug-likeness (QED) is 0.735. The van der Waals surface area contributed by atoms with Gasteiger partial charge in [-0.05, 0) is 43.9 Å². The molecule has 0 aliphatic heterocycles. The van der Waals surface area contributed by atoms with Crippen LogP contribution in [-0.4, -0.2) is 12.7 Å². The lowest BCUT2D eigenvalue weighted by Crippen LogP contribution is -2.01. The molecule has 0 spiro atoms. The molecule has 1 aromatic carbocycles. The topological polar surface area (TPSA) is 18.5 Å². The van der Waals surface area contributed by atoms with Gasteiger partial charge in [0.05, 0.1) is 12.7 Å². The molecule has 0 heterocycles. The Bertz CT molecular complexity index is 329. The molecular weight excluding hydrogens is 188 g/mol. The summed E-state index contributed by atoms with van der Waals surface area (Å²) < 4.78 is 11.5. The Morgan fingerprint density at radius 3 is 2.73 bits per heavy atom. The van der Waals surface area contributed by atoms with Crippen LogP contribution in [0.2, 0.25) is 0 Å². The molecule has 2 rings (SSSR count). The smallest absolute Gasteiger partial charge is 0.161 e. The van der Waals surface area contributed by atoms with Crippen molar-refractivity contribution in [1.29, 1.82) is 0 Å². The maximum atomic E-state index is 5.81. The second kappa shape index (κ2) is 4.56. The van der Waals surface area contributed by atoms with E-state index in [9.17, 15) is 0 Å². The summed E-state index contributed by atoms with van der Waals surface area (Å²) >= 11 is 0. The maximum absolute atomic E-state index is 5.81. The van der Waals surface area contributed by atoms with Crippen molar-refractivity contribution in [3.05, 3.63) is 23.8 Å². The largest absolute Gasteiger partial charge is 0.490 e. The molecule has 1 aliphatic rings. The Morgan fingerprint density at radius 2 is 2.07 bits per heavy atom. The fraction of sp³-hybridized carbons (Fsp3) is 0.538. The maximum Gasteiger partial charge on any atom is 0.161 e. The zero-order valence-electron chi connectivity index (χ0n) is 9.45. The van der Waals surface area contributed by atoms with Gasteiger partial charge in [-0.2, -0.15) is 0 Å². The van der Waals surface area contributed by atoms with Crippen molar-refractivity contribution in [3.63, 3.8) is 0 Å². The van der Waals surface area contributed by atoms with Gasteiger partial charge in [-0.1, -0.05) is 13.0 Å². The lowest BCUT2D eigenvalue weighted by Gasteiger charge is -2.12. The van der Waals surface area contributed by atoms with Gasteiger partial charge >= 0.3 is 0 Å². The van der Waals surface area contributed by atoms with Crippen molar-refractivity contribution in [1.82, 2.24) is 0 Å². The molecule has 2 heteroatoms. The van der Waals surface area contributed by atoms with Crippen LogP contribution in [0.1, 0.15) is 31.7 Å². The molecule has 1 saturated carbocycles. The molecule has 0 atom stereocenters. The minimum Gasteiger partial charge on any atom is -0.490 e. The molecule has 0 aromatic heterocycles. The Labute approximate surface area is 91.2 Å². The lowest BCUT2D eigenvalue weighted by molar-refractivity contribution is 0.260. The van der Waals surface area contributed by atoms with E-state index in [1.807, 2.05) is 6.07 Å². The molecule has 0 saturated heterocycles. The summed E-state index contributed by atoms with van der Waals surface area (Å²) in [7, 11) is 0. The van der Waals surface area contributed by atoms with Gasteiger partial charge in [-0.15, -0.1) is 0 Å². The standard InChI is InChI=1S/C13H18O2/c1-3-8-14-12-7-4-10(2)9-13(12)15-11-5-6-11/h4,7,9,11H,3,5-6,8H2,1-2H3. The van der Waals surface area contributed by atoms with E-state index >= 15 is 0 Å². The van der Waals surface area contributed by atoms with Crippen LogP contribution in [0, 0.1) is 6.92 Å². The fourth-order valence-electron chi connectivity index (χ4n) is 1.40. The van der Waals surface area contributed by atoms with E-state index in [4.69, 9.17) is 9.47 Å². The average molecular weight is 206 g/mol. The summed E-state index contributed by atoms with van der Waals surface area (Å²) in [5, 5.41) is 0. The van der Waals surface area contributed by atoms with Gasteiger partial charge in [0, 0.05) is 0 Å². The highest BCUT2D eigenvalue weighted by molar-refractivity contribution is 5.42. The van der Waals surface area contributed by atoms with Crippen LogP contribution in [0.4, 0.5) is 0 Å². The monoisotopic (exact) mass is 206 g/mol. The van der Waals surface area contributed by atoms with E-state index < -0.39 is 0 Å². The predicted molar refractivity (Wildman–Crippen MR) is 60.6 cm³/mol. The van der Waals surface area contributed by atoms with Crippen molar-refractivity contribution in [2.24, 2.45) is 0 Å². The average Bonchev–Trinajstić information content (AvgIpc) is 3.01. The Morgan fingerprint density at radius 1 is 1.27 bits per heavy atom. The minimum atomic E-state index is 0.427. The Hall–Kier alpha value is -1.18. The van der Waals surface area contributed by atoms with E-state index in [2.05, 4.69) is 26.0 Å². The van der Waals surface area contributed by atoms with Crippen LogP contribution in [0.3, 0.4) is 0 Å². The van der Waals surface area contributed by atoms with Gasteiger partial charge < -0.3 is 9.47 Å². The molecular formula is C13H18O2. The summed E-state index contributed by atoms with van der Waals surface area (Å²) in [6, 6.07) is 6.12. The highest BCUT2D eigenvalue weighted by atomic mass is 16.5. The first-order valence-electron chi connectivity index (χ1n) is 5.69.